The molecular weight excluding hydrogens is 399 g/mol. The Bertz CT molecular complexity index is 1020. The molecule has 158 valence electrons. The molecule has 3 rings (SSSR count). The Morgan fingerprint density at radius 2 is 1.93 bits per heavy atom. The summed E-state index contributed by atoms with van der Waals surface area (Å²) in [5.41, 5.74) is 0.255. The Morgan fingerprint density at radius 3 is 2.63 bits per heavy atom. The van der Waals surface area contributed by atoms with Crippen molar-refractivity contribution < 1.29 is 18.0 Å². The van der Waals surface area contributed by atoms with Crippen molar-refractivity contribution in [1.29, 1.82) is 0 Å². The number of carbonyl (C=O) groups excluding carboxylic acids is 1. The van der Waals surface area contributed by atoms with Crippen LogP contribution in [0.4, 0.5) is 30.6 Å². The quantitative estimate of drug-likeness (QED) is 0.520. The number of benzene rings is 1. The van der Waals surface area contributed by atoms with Crippen LogP contribution in [0.2, 0.25) is 0 Å². The number of hydrogen-bond acceptors (Lipinski definition) is 6. The second-order valence-corrected chi connectivity index (χ2v) is 6.74. The van der Waals surface area contributed by atoms with E-state index in [0.717, 1.165) is 0 Å². The lowest BCUT2D eigenvalue weighted by atomic mass is 10.2. The van der Waals surface area contributed by atoms with Crippen molar-refractivity contribution in [2.75, 3.05) is 10.6 Å². The van der Waals surface area contributed by atoms with Gasteiger partial charge >= 0.3 is 0 Å². The number of amides is 1. The van der Waals surface area contributed by atoms with Gasteiger partial charge in [-0.15, -0.1) is 0 Å². The summed E-state index contributed by atoms with van der Waals surface area (Å²) >= 11 is 0. The molecule has 0 unspecified atom stereocenters. The Kier molecular flexibility index (Phi) is 6.50. The Hall–Kier alpha value is -3.63. The summed E-state index contributed by atoms with van der Waals surface area (Å²) in [5, 5.41) is 12.6. The molecule has 0 aliphatic carbocycles. The molecule has 2 aromatic heterocycles. The average molecular weight is 419 g/mol. The summed E-state index contributed by atoms with van der Waals surface area (Å²) in [6, 6.07) is 2.79. The monoisotopic (exact) mass is 419 g/mol. The maximum absolute atomic E-state index is 13.7. The zero-order valence-corrected chi connectivity index (χ0v) is 16.3. The first-order valence-electron chi connectivity index (χ1n) is 9.09. The van der Waals surface area contributed by atoms with Crippen molar-refractivity contribution in [2.24, 2.45) is 0 Å². The lowest BCUT2D eigenvalue weighted by molar-refractivity contribution is -0.122. The third kappa shape index (κ3) is 5.69. The highest BCUT2D eigenvalue weighted by Crippen LogP contribution is 2.17. The molecule has 0 radical (unpaired) electrons. The minimum Gasteiger partial charge on any atom is -0.366 e. The third-order valence-electron chi connectivity index (χ3n) is 3.85. The second kappa shape index (κ2) is 9.25. The SMILES string of the molecule is CC(C)NC(=O)Cn1cc(Nc2nccc(NCc3c(F)cc(F)cc3F)n2)cn1. The number of nitrogens with zero attached hydrogens (tertiary/aromatic N) is 4. The predicted octanol–water partition coefficient (Wildman–Crippen LogP) is 2.97. The summed E-state index contributed by atoms with van der Waals surface area (Å²) in [4.78, 5) is 20.1. The van der Waals surface area contributed by atoms with Gasteiger partial charge in [-0.2, -0.15) is 10.1 Å². The van der Waals surface area contributed by atoms with Crippen molar-refractivity contribution in [1.82, 2.24) is 25.1 Å². The molecule has 3 aromatic rings. The normalized spacial score (nSPS) is 10.9. The summed E-state index contributed by atoms with van der Waals surface area (Å²) in [6.07, 6.45) is 4.58. The molecule has 8 nitrogen and oxygen atoms in total. The molecule has 1 amide bonds. The standard InChI is InChI=1S/C19H20F3N7O/c1-11(2)26-18(30)10-29-9-13(7-25-29)27-19-23-4-3-17(28-19)24-8-14-15(21)5-12(20)6-16(14)22/h3-7,9,11H,8,10H2,1-2H3,(H,26,30)(H2,23,24,27,28). The molecule has 0 aliphatic rings. The van der Waals surface area contributed by atoms with Gasteiger partial charge in [0.15, 0.2) is 0 Å². The van der Waals surface area contributed by atoms with Gasteiger partial charge in [0, 0.05) is 42.7 Å². The van der Waals surface area contributed by atoms with Crippen LogP contribution in [-0.4, -0.2) is 31.7 Å². The van der Waals surface area contributed by atoms with E-state index in [2.05, 4.69) is 31.0 Å². The first kappa shape index (κ1) is 21.1. The molecule has 0 saturated carbocycles. The largest absolute Gasteiger partial charge is 0.366 e. The van der Waals surface area contributed by atoms with E-state index in [1.165, 1.54) is 23.1 Å². The molecule has 1 aromatic carbocycles. The van der Waals surface area contributed by atoms with Crippen LogP contribution in [0.25, 0.3) is 0 Å². The number of anilines is 3. The number of hydrogen-bond donors (Lipinski definition) is 3. The third-order valence-corrected chi connectivity index (χ3v) is 3.85. The fourth-order valence-electron chi connectivity index (χ4n) is 2.60. The van der Waals surface area contributed by atoms with Gasteiger partial charge in [0.25, 0.3) is 0 Å². The van der Waals surface area contributed by atoms with Gasteiger partial charge in [0.05, 0.1) is 11.9 Å². The van der Waals surface area contributed by atoms with E-state index >= 15 is 0 Å². The number of aromatic nitrogens is 4. The zero-order valence-electron chi connectivity index (χ0n) is 16.3. The summed E-state index contributed by atoms with van der Waals surface area (Å²) in [6.45, 7) is 3.57. The van der Waals surface area contributed by atoms with E-state index in [1.807, 2.05) is 13.8 Å². The lowest BCUT2D eigenvalue weighted by Gasteiger charge is -2.09. The molecule has 0 spiro atoms. The topological polar surface area (TPSA) is 96.8 Å². The highest BCUT2D eigenvalue weighted by Gasteiger charge is 2.12. The Balaban J connectivity index is 1.62. The van der Waals surface area contributed by atoms with Crippen LogP contribution in [0, 0.1) is 17.5 Å². The summed E-state index contributed by atoms with van der Waals surface area (Å²) in [5.74, 6) is -2.60. The first-order chi connectivity index (χ1) is 14.3. The second-order valence-electron chi connectivity index (χ2n) is 6.74. The molecule has 30 heavy (non-hydrogen) atoms. The zero-order chi connectivity index (χ0) is 21.7. The van der Waals surface area contributed by atoms with E-state index in [4.69, 9.17) is 0 Å². The van der Waals surface area contributed by atoms with E-state index in [9.17, 15) is 18.0 Å². The molecule has 0 saturated heterocycles. The molecule has 11 heteroatoms. The molecule has 0 atom stereocenters. The van der Waals surface area contributed by atoms with Crippen molar-refractivity contribution in [2.45, 2.75) is 33.0 Å². The molecule has 0 bridgehead atoms. The average Bonchev–Trinajstić information content (AvgIpc) is 3.07. The summed E-state index contributed by atoms with van der Waals surface area (Å²) < 4.78 is 41.9. The Morgan fingerprint density at radius 1 is 1.20 bits per heavy atom. The van der Waals surface area contributed by atoms with Gasteiger partial charge in [0.2, 0.25) is 11.9 Å². The van der Waals surface area contributed by atoms with Gasteiger partial charge in [0.1, 0.15) is 29.8 Å². The fraction of sp³-hybridized carbons (Fsp3) is 0.263. The van der Waals surface area contributed by atoms with Gasteiger partial charge in [-0.25, -0.2) is 18.2 Å². The number of carbonyl (C=O) groups is 1. The van der Waals surface area contributed by atoms with Crippen molar-refractivity contribution in [3.63, 3.8) is 0 Å². The Labute approximate surface area is 170 Å². The van der Waals surface area contributed by atoms with E-state index < -0.39 is 17.5 Å². The number of nitrogens with one attached hydrogen (secondary N) is 3. The van der Waals surface area contributed by atoms with Crippen LogP contribution in [0.5, 0.6) is 0 Å². The van der Waals surface area contributed by atoms with Crippen LogP contribution >= 0.6 is 0 Å². The summed E-state index contributed by atoms with van der Waals surface area (Å²) in [7, 11) is 0. The van der Waals surface area contributed by atoms with Crippen molar-refractivity contribution >= 4 is 23.4 Å². The highest BCUT2D eigenvalue weighted by molar-refractivity contribution is 5.76. The maximum Gasteiger partial charge on any atom is 0.241 e. The van der Waals surface area contributed by atoms with Gasteiger partial charge in [-0.1, -0.05) is 0 Å². The minimum absolute atomic E-state index is 0.0335. The van der Waals surface area contributed by atoms with Crippen LogP contribution in [0.1, 0.15) is 19.4 Å². The van der Waals surface area contributed by atoms with Crippen molar-refractivity contribution in [3.8, 4) is 0 Å². The smallest absolute Gasteiger partial charge is 0.241 e. The van der Waals surface area contributed by atoms with Crippen LogP contribution in [-0.2, 0) is 17.9 Å². The first-order valence-corrected chi connectivity index (χ1v) is 9.09. The number of rotatable bonds is 8. The maximum atomic E-state index is 13.7. The van der Waals surface area contributed by atoms with Gasteiger partial charge in [-0.05, 0) is 19.9 Å². The van der Waals surface area contributed by atoms with E-state index in [1.54, 1.807) is 6.20 Å². The van der Waals surface area contributed by atoms with Gasteiger partial charge in [-0.3, -0.25) is 9.48 Å². The predicted molar refractivity (Wildman–Crippen MR) is 104 cm³/mol. The van der Waals surface area contributed by atoms with Crippen molar-refractivity contribution in [3.05, 3.63) is 59.8 Å². The minimum atomic E-state index is -0.985. The molecular formula is C19H20F3N7O. The van der Waals surface area contributed by atoms with Crippen LogP contribution in [0.3, 0.4) is 0 Å². The highest BCUT2D eigenvalue weighted by atomic mass is 19.1. The molecule has 0 aliphatic heterocycles. The molecule has 0 fully saturated rings. The van der Waals surface area contributed by atoms with E-state index in [0.29, 0.717) is 23.6 Å². The fourth-order valence-corrected chi connectivity index (χ4v) is 2.60. The van der Waals surface area contributed by atoms with Crippen LogP contribution in [0.15, 0.2) is 36.8 Å². The molecule has 2 heterocycles. The number of halogens is 3. The van der Waals surface area contributed by atoms with Crippen LogP contribution < -0.4 is 16.0 Å². The van der Waals surface area contributed by atoms with E-state index in [-0.39, 0.29) is 36.6 Å². The molecule has 3 N–H and O–H groups in total. The lowest BCUT2D eigenvalue weighted by Crippen LogP contribution is -2.33. The van der Waals surface area contributed by atoms with Gasteiger partial charge < -0.3 is 16.0 Å².